The van der Waals surface area contributed by atoms with Crippen molar-refractivity contribution in [3.05, 3.63) is 54.9 Å². The lowest BCUT2D eigenvalue weighted by molar-refractivity contribution is -0.136. The molecule has 0 aliphatic heterocycles. The largest absolute Gasteiger partial charge is 0.389 e. The number of imidazole rings is 1. The summed E-state index contributed by atoms with van der Waals surface area (Å²) < 4.78 is 39.1. The molecule has 1 atom stereocenters. The molecule has 0 aliphatic carbocycles. The monoisotopic (exact) mass is 401 g/mol. The average Bonchev–Trinajstić information content (AvgIpc) is 3.37. The van der Waals surface area contributed by atoms with Crippen LogP contribution in [0.25, 0.3) is 28.1 Å². The predicted molar refractivity (Wildman–Crippen MR) is 101 cm³/mol. The second kappa shape index (κ2) is 7.63. The molecule has 4 rings (SSSR count). The third kappa shape index (κ3) is 4.11. The first-order valence-electron chi connectivity index (χ1n) is 8.98. The van der Waals surface area contributed by atoms with Gasteiger partial charge in [-0.2, -0.15) is 18.3 Å². The average molecular weight is 401 g/mol. The second-order valence-corrected chi connectivity index (χ2v) is 6.58. The number of nitrogens with zero attached hydrogens (tertiary/aromatic N) is 5. The van der Waals surface area contributed by atoms with Crippen LogP contribution < -0.4 is 5.32 Å². The lowest BCUT2D eigenvalue weighted by atomic mass is 10.0. The molecule has 10 heteroatoms. The van der Waals surface area contributed by atoms with Crippen LogP contribution in [0.15, 0.2) is 49.3 Å². The molecule has 0 aromatic carbocycles. The van der Waals surface area contributed by atoms with Crippen molar-refractivity contribution >= 4 is 11.2 Å². The van der Waals surface area contributed by atoms with Gasteiger partial charge >= 0.3 is 6.18 Å². The highest BCUT2D eigenvalue weighted by Crippen LogP contribution is 2.28. The lowest BCUT2D eigenvalue weighted by Gasteiger charge is -2.17. The highest BCUT2D eigenvalue weighted by Gasteiger charge is 2.28. The minimum absolute atomic E-state index is 0.0470. The maximum atomic E-state index is 12.5. The quantitative estimate of drug-likeness (QED) is 0.513. The van der Waals surface area contributed by atoms with Gasteiger partial charge in [-0.3, -0.25) is 0 Å². The summed E-state index contributed by atoms with van der Waals surface area (Å²) in [6.45, 7) is 0. The van der Waals surface area contributed by atoms with E-state index >= 15 is 0 Å². The Kier molecular flexibility index (Phi) is 5.01. The number of hydrogen-bond acceptors (Lipinski definition) is 5. The normalized spacial score (nSPS) is 13.1. The van der Waals surface area contributed by atoms with Crippen molar-refractivity contribution in [2.24, 2.45) is 0 Å². The van der Waals surface area contributed by atoms with Crippen LogP contribution in [-0.4, -0.2) is 42.9 Å². The Labute approximate surface area is 164 Å². The summed E-state index contributed by atoms with van der Waals surface area (Å²) in [6, 6.07) is 4.94. The second-order valence-electron chi connectivity index (χ2n) is 6.58. The SMILES string of the molecule is CNC(CCC(F)(F)F)c1ccc(-n2cc(-c3ccnc4[nH]cnc34)cn2)nc1. The minimum atomic E-state index is -4.18. The summed E-state index contributed by atoms with van der Waals surface area (Å²) in [5, 5.41) is 7.26. The number of alkyl halides is 3. The fourth-order valence-electron chi connectivity index (χ4n) is 3.19. The van der Waals surface area contributed by atoms with Crippen molar-refractivity contribution in [2.75, 3.05) is 7.05 Å². The fourth-order valence-corrected chi connectivity index (χ4v) is 3.19. The van der Waals surface area contributed by atoms with Gasteiger partial charge in [0.1, 0.15) is 5.52 Å². The molecule has 0 bridgehead atoms. The zero-order chi connectivity index (χ0) is 20.4. The first-order valence-corrected chi connectivity index (χ1v) is 8.98. The molecule has 0 spiro atoms. The standard InChI is InChI=1S/C19H18F3N7/c1-23-15(4-6-19(20,21)22)12-2-3-16(25-8-12)29-10-13(9-28-29)14-5-7-24-18-17(14)26-11-27-18/h2-3,5,7-11,15,23H,4,6H2,1H3,(H,24,26,27). The van der Waals surface area contributed by atoms with Crippen molar-refractivity contribution in [1.82, 2.24) is 35.0 Å². The molecule has 0 fully saturated rings. The van der Waals surface area contributed by atoms with Gasteiger partial charge in [0.15, 0.2) is 11.5 Å². The van der Waals surface area contributed by atoms with E-state index in [9.17, 15) is 13.2 Å². The van der Waals surface area contributed by atoms with Gasteiger partial charge < -0.3 is 10.3 Å². The van der Waals surface area contributed by atoms with E-state index in [-0.39, 0.29) is 6.42 Å². The maximum Gasteiger partial charge on any atom is 0.389 e. The number of aromatic amines is 1. The van der Waals surface area contributed by atoms with E-state index in [0.29, 0.717) is 17.0 Å². The first kappa shape index (κ1) is 19.1. The molecule has 4 aromatic rings. The molecule has 1 unspecified atom stereocenters. The zero-order valence-corrected chi connectivity index (χ0v) is 15.5. The molecule has 4 heterocycles. The van der Waals surface area contributed by atoms with Gasteiger partial charge in [-0.1, -0.05) is 6.07 Å². The van der Waals surface area contributed by atoms with E-state index in [2.05, 4.69) is 30.4 Å². The zero-order valence-electron chi connectivity index (χ0n) is 15.5. The minimum Gasteiger partial charge on any atom is -0.329 e. The van der Waals surface area contributed by atoms with E-state index in [1.807, 2.05) is 12.3 Å². The Morgan fingerprint density at radius 3 is 2.72 bits per heavy atom. The Balaban J connectivity index is 1.55. The molecule has 4 aromatic heterocycles. The number of H-pyrrole nitrogens is 1. The summed E-state index contributed by atoms with van der Waals surface area (Å²) >= 11 is 0. The first-order chi connectivity index (χ1) is 13.9. The Bertz CT molecular complexity index is 1100. The summed E-state index contributed by atoms with van der Waals surface area (Å²) in [6.07, 6.45) is 3.31. The lowest BCUT2D eigenvalue weighted by Crippen LogP contribution is -2.20. The van der Waals surface area contributed by atoms with Crippen molar-refractivity contribution in [3.8, 4) is 16.9 Å². The molecule has 0 amide bonds. The van der Waals surface area contributed by atoms with E-state index in [4.69, 9.17) is 0 Å². The van der Waals surface area contributed by atoms with Gasteiger partial charge in [-0.05, 0) is 31.2 Å². The van der Waals surface area contributed by atoms with Crippen LogP contribution in [0.1, 0.15) is 24.4 Å². The van der Waals surface area contributed by atoms with Gasteiger partial charge in [0.05, 0.1) is 12.5 Å². The number of fused-ring (bicyclic) bond motifs is 1. The van der Waals surface area contributed by atoms with Crippen LogP contribution in [0.2, 0.25) is 0 Å². The fraction of sp³-hybridized carbons (Fsp3) is 0.263. The number of nitrogens with one attached hydrogen (secondary N) is 2. The van der Waals surface area contributed by atoms with Crippen molar-refractivity contribution in [3.63, 3.8) is 0 Å². The summed E-state index contributed by atoms with van der Waals surface area (Å²) in [4.78, 5) is 15.9. The summed E-state index contributed by atoms with van der Waals surface area (Å²) in [5.74, 6) is 0.568. The van der Waals surface area contributed by atoms with Gasteiger partial charge in [-0.25, -0.2) is 19.6 Å². The molecular formula is C19H18F3N7. The molecule has 29 heavy (non-hydrogen) atoms. The van der Waals surface area contributed by atoms with Crippen LogP contribution in [0.5, 0.6) is 0 Å². The third-order valence-electron chi connectivity index (χ3n) is 4.69. The molecule has 0 saturated heterocycles. The van der Waals surface area contributed by atoms with Crippen LogP contribution in [-0.2, 0) is 0 Å². The van der Waals surface area contributed by atoms with Gasteiger partial charge in [0, 0.05) is 42.2 Å². The molecule has 0 saturated carbocycles. The summed E-state index contributed by atoms with van der Waals surface area (Å²) in [5.41, 5.74) is 3.88. The maximum absolute atomic E-state index is 12.5. The van der Waals surface area contributed by atoms with Crippen molar-refractivity contribution in [2.45, 2.75) is 25.1 Å². The van der Waals surface area contributed by atoms with Crippen LogP contribution in [0.4, 0.5) is 13.2 Å². The van der Waals surface area contributed by atoms with Crippen LogP contribution >= 0.6 is 0 Å². The Morgan fingerprint density at radius 1 is 1.14 bits per heavy atom. The van der Waals surface area contributed by atoms with E-state index in [1.165, 1.54) is 0 Å². The number of pyridine rings is 2. The number of halogens is 3. The van der Waals surface area contributed by atoms with E-state index < -0.39 is 18.6 Å². The van der Waals surface area contributed by atoms with Crippen molar-refractivity contribution < 1.29 is 13.2 Å². The molecule has 150 valence electrons. The summed E-state index contributed by atoms with van der Waals surface area (Å²) in [7, 11) is 1.64. The van der Waals surface area contributed by atoms with Gasteiger partial charge in [-0.15, -0.1) is 0 Å². The van der Waals surface area contributed by atoms with Crippen molar-refractivity contribution in [1.29, 1.82) is 0 Å². The Hall–Kier alpha value is -3.27. The topological polar surface area (TPSA) is 84.3 Å². The van der Waals surface area contributed by atoms with E-state index in [0.717, 1.165) is 16.6 Å². The molecule has 0 radical (unpaired) electrons. The third-order valence-corrected chi connectivity index (χ3v) is 4.69. The van der Waals surface area contributed by atoms with Gasteiger partial charge in [0.2, 0.25) is 0 Å². The highest BCUT2D eigenvalue weighted by molar-refractivity contribution is 5.88. The smallest absolute Gasteiger partial charge is 0.329 e. The van der Waals surface area contributed by atoms with Crippen LogP contribution in [0, 0.1) is 0 Å². The number of rotatable bonds is 6. The molecular weight excluding hydrogens is 383 g/mol. The molecule has 7 nitrogen and oxygen atoms in total. The highest BCUT2D eigenvalue weighted by atomic mass is 19.4. The molecule has 2 N–H and O–H groups in total. The predicted octanol–water partition coefficient (Wildman–Crippen LogP) is 3.81. The van der Waals surface area contributed by atoms with E-state index in [1.54, 1.807) is 48.8 Å². The number of aromatic nitrogens is 6. The van der Waals surface area contributed by atoms with Gasteiger partial charge in [0.25, 0.3) is 0 Å². The Morgan fingerprint density at radius 2 is 2.00 bits per heavy atom. The molecule has 0 aliphatic rings. The number of hydrogen-bond donors (Lipinski definition) is 2. The van der Waals surface area contributed by atoms with Crippen LogP contribution in [0.3, 0.4) is 0 Å².